The van der Waals surface area contributed by atoms with Gasteiger partial charge in [0.2, 0.25) is 5.95 Å². The molecule has 0 amide bonds. The number of fused-ring (bicyclic) bond motifs is 1. The molecule has 1 aromatic heterocycles. The minimum absolute atomic E-state index is 0.712. The molecule has 0 atom stereocenters. The summed E-state index contributed by atoms with van der Waals surface area (Å²) in [5, 5.41) is 4.46. The van der Waals surface area contributed by atoms with Crippen LogP contribution in [0.15, 0.2) is 54.6 Å². The van der Waals surface area contributed by atoms with E-state index in [1.54, 1.807) is 0 Å². The molecule has 4 heteroatoms. The first-order chi connectivity index (χ1) is 10.2. The summed E-state index contributed by atoms with van der Waals surface area (Å²) in [6, 6.07) is 18.4. The van der Waals surface area contributed by atoms with Crippen LogP contribution in [-0.4, -0.2) is 24.1 Å². The van der Waals surface area contributed by atoms with Crippen LogP contribution in [0.2, 0.25) is 0 Å². The largest absolute Gasteiger partial charge is 0.365 e. The summed E-state index contributed by atoms with van der Waals surface area (Å²) in [5.74, 6) is 1.58. The van der Waals surface area contributed by atoms with Crippen LogP contribution in [0.5, 0.6) is 0 Å². The monoisotopic (exact) mass is 278 g/mol. The second kappa shape index (κ2) is 5.79. The van der Waals surface area contributed by atoms with Gasteiger partial charge in [0.1, 0.15) is 5.82 Å². The molecule has 0 aliphatic rings. The molecule has 0 fully saturated rings. The molecule has 0 radical (unpaired) electrons. The zero-order chi connectivity index (χ0) is 14.7. The average molecular weight is 278 g/mol. The van der Waals surface area contributed by atoms with Gasteiger partial charge in [-0.2, -0.15) is 4.98 Å². The Morgan fingerprint density at radius 2 is 1.62 bits per heavy atom. The zero-order valence-electron chi connectivity index (χ0n) is 12.2. The molecule has 3 rings (SSSR count). The van der Waals surface area contributed by atoms with E-state index in [1.807, 2.05) is 61.5 Å². The second-order valence-corrected chi connectivity index (χ2v) is 5.12. The number of anilines is 2. The van der Waals surface area contributed by atoms with Crippen molar-refractivity contribution in [3.63, 3.8) is 0 Å². The van der Waals surface area contributed by atoms with E-state index in [1.165, 1.54) is 5.56 Å². The van der Waals surface area contributed by atoms with Crippen molar-refractivity contribution in [2.45, 2.75) is 6.54 Å². The zero-order valence-corrected chi connectivity index (χ0v) is 12.2. The van der Waals surface area contributed by atoms with E-state index < -0.39 is 0 Å². The average Bonchev–Trinajstić information content (AvgIpc) is 2.53. The fraction of sp³-hybridized carbons (Fsp3) is 0.176. The Labute approximate surface area is 124 Å². The van der Waals surface area contributed by atoms with Crippen molar-refractivity contribution >= 4 is 22.7 Å². The lowest BCUT2D eigenvalue weighted by Gasteiger charge is -2.14. The van der Waals surface area contributed by atoms with Crippen molar-refractivity contribution < 1.29 is 0 Å². The summed E-state index contributed by atoms with van der Waals surface area (Å²) in [6.45, 7) is 0.745. The van der Waals surface area contributed by atoms with Crippen LogP contribution >= 0.6 is 0 Å². The van der Waals surface area contributed by atoms with Gasteiger partial charge in [0.05, 0.1) is 5.52 Å². The van der Waals surface area contributed by atoms with E-state index in [-0.39, 0.29) is 0 Å². The van der Waals surface area contributed by atoms with E-state index >= 15 is 0 Å². The summed E-state index contributed by atoms with van der Waals surface area (Å²) in [6.07, 6.45) is 0. The smallest absolute Gasteiger partial charge is 0.227 e. The Morgan fingerprint density at radius 1 is 0.905 bits per heavy atom. The van der Waals surface area contributed by atoms with Gasteiger partial charge in [-0.3, -0.25) is 0 Å². The first kappa shape index (κ1) is 13.4. The maximum atomic E-state index is 4.62. The van der Waals surface area contributed by atoms with E-state index in [4.69, 9.17) is 0 Å². The normalized spacial score (nSPS) is 10.6. The Bertz CT molecular complexity index is 738. The fourth-order valence-electron chi connectivity index (χ4n) is 2.18. The number of benzene rings is 2. The number of para-hydroxylation sites is 1. The van der Waals surface area contributed by atoms with Crippen LogP contribution in [0.1, 0.15) is 5.56 Å². The third kappa shape index (κ3) is 2.94. The molecule has 0 aliphatic carbocycles. The van der Waals surface area contributed by atoms with Crippen molar-refractivity contribution in [2.75, 3.05) is 24.3 Å². The molecular formula is C17H18N4. The van der Waals surface area contributed by atoms with Crippen molar-refractivity contribution in [1.29, 1.82) is 0 Å². The van der Waals surface area contributed by atoms with Gasteiger partial charge in [-0.25, -0.2) is 4.98 Å². The molecular weight excluding hydrogens is 260 g/mol. The Morgan fingerprint density at radius 3 is 2.38 bits per heavy atom. The quantitative estimate of drug-likeness (QED) is 0.795. The number of nitrogens with zero attached hydrogens (tertiary/aromatic N) is 3. The maximum Gasteiger partial charge on any atom is 0.227 e. The molecule has 0 saturated heterocycles. The lowest BCUT2D eigenvalue weighted by molar-refractivity contribution is 1.01. The van der Waals surface area contributed by atoms with Gasteiger partial charge >= 0.3 is 0 Å². The Kier molecular flexibility index (Phi) is 3.69. The minimum atomic E-state index is 0.712. The summed E-state index contributed by atoms with van der Waals surface area (Å²) >= 11 is 0. The molecule has 0 bridgehead atoms. The van der Waals surface area contributed by atoms with Gasteiger partial charge in [-0.05, 0) is 17.7 Å². The number of rotatable bonds is 4. The van der Waals surface area contributed by atoms with Gasteiger partial charge in [-0.15, -0.1) is 0 Å². The highest BCUT2D eigenvalue weighted by molar-refractivity contribution is 5.90. The van der Waals surface area contributed by atoms with Gasteiger partial charge in [-0.1, -0.05) is 42.5 Å². The number of hydrogen-bond acceptors (Lipinski definition) is 4. The lowest BCUT2D eigenvalue weighted by Crippen LogP contribution is -2.14. The highest BCUT2D eigenvalue weighted by Crippen LogP contribution is 2.23. The molecule has 1 N–H and O–H groups in total. The predicted molar refractivity (Wildman–Crippen MR) is 87.6 cm³/mol. The molecule has 106 valence electrons. The third-order valence-electron chi connectivity index (χ3n) is 3.29. The van der Waals surface area contributed by atoms with E-state index in [9.17, 15) is 0 Å². The highest BCUT2D eigenvalue weighted by atomic mass is 15.2. The van der Waals surface area contributed by atoms with Crippen molar-refractivity contribution in [2.24, 2.45) is 0 Å². The molecule has 0 spiro atoms. The molecule has 1 heterocycles. The Hall–Kier alpha value is -2.62. The molecule has 0 aliphatic heterocycles. The Balaban J connectivity index is 1.96. The summed E-state index contributed by atoms with van der Waals surface area (Å²) < 4.78 is 0. The molecule has 21 heavy (non-hydrogen) atoms. The summed E-state index contributed by atoms with van der Waals surface area (Å²) in [5.41, 5.74) is 2.18. The summed E-state index contributed by atoms with van der Waals surface area (Å²) in [4.78, 5) is 11.1. The van der Waals surface area contributed by atoms with Crippen molar-refractivity contribution in [1.82, 2.24) is 9.97 Å². The van der Waals surface area contributed by atoms with Gasteiger partial charge in [0, 0.05) is 26.0 Å². The maximum absolute atomic E-state index is 4.62. The first-order valence-electron chi connectivity index (χ1n) is 6.96. The highest BCUT2D eigenvalue weighted by Gasteiger charge is 2.08. The molecule has 4 nitrogen and oxygen atoms in total. The predicted octanol–water partition coefficient (Wildman–Crippen LogP) is 3.31. The first-order valence-corrected chi connectivity index (χ1v) is 6.96. The standard InChI is InChI=1S/C17H18N4/c1-21(2)17-19-15-11-7-6-10-14(15)16(20-17)18-12-13-8-4-3-5-9-13/h3-11H,12H2,1-2H3,(H,18,19,20). The fourth-order valence-corrected chi connectivity index (χ4v) is 2.18. The van der Waals surface area contributed by atoms with Crippen LogP contribution in [0.3, 0.4) is 0 Å². The second-order valence-electron chi connectivity index (χ2n) is 5.12. The van der Waals surface area contributed by atoms with E-state index in [0.717, 1.165) is 23.3 Å². The number of hydrogen-bond donors (Lipinski definition) is 1. The van der Waals surface area contributed by atoms with E-state index in [0.29, 0.717) is 5.95 Å². The molecule has 0 unspecified atom stereocenters. The number of aromatic nitrogens is 2. The van der Waals surface area contributed by atoms with Crippen molar-refractivity contribution in [3.8, 4) is 0 Å². The molecule has 3 aromatic rings. The third-order valence-corrected chi connectivity index (χ3v) is 3.29. The van der Waals surface area contributed by atoms with Crippen molar-refractivity contribution in [3.05, 3.63) is 60.2 Å². The van der Waals surface area contributed by atoms with Gasteiger partial charge < -0.3 is 10.2 Å². The van der Waals surface area contributed by atoms with E-state index in [2.05, 4.69) is 27.4 Å². The van der Waals surface area contributed by atoms with Crippen LogP contribution < -0.4 is 10.2 Å². The molecule has 2 aromatic carbocycles. The topological polar surface area (TPSA) is 41.1 Å². The van der Waals surface area contributed by atoms with Crippen LogP contribution in [0.4, 0.5) is 11.8 Å². The van der Waals surface area contributed by atoms with Crippen LogP contribution in [-0.2, 0) is 6.54 Å². The van der Waals surface area contributed by atoms with Crippen LogP contribution in [0, 0.1) is 0 Å². The van der Waals surface area contributed by atoms with Crippen LogP contribution in [0.25, 0.3) is 10.9 Å². The van der Waals surface area contributed by atoms with Gasteiger partial charge in [0.25, 0.3) is 0 Å². The van der Waals surface area contributed by atoms with Gasteiger partial charge in [0.15, 0.2) is 0 Å². The summed E-state index contributed by atoms with van der Waals surface area (Å²) in [7, 11) is 3.90. The molecule has 0 saturated carbocycles. The number of nitrogens with one attached hydrogen (secondary N) is 1. The minimum Gasteiger partial charge on any atom is -0.365 e. The lowest BCUT2D eigenvalue weighted by atomic mass is 10.2. The SMILES string of the molecule is CN(C)c1nc(NCc2ccccc2)c2ccccc2n1.